The van der Waals surface area contributed by atoms with E-state index in [1.807, 2.05) is 29.6 Å². The Bertz CT molecular complexity index is 661. The monoisotopic (exact) mass is 282 g/mol. The van der Waals surface area contributed by atoms with Crippen molar-refractivity contribution < 1.29 is 4.74 Å². The number of hydrogen-bond acceptors (Lipinski definition) is 4. The molecular formula is C16H14N2OS. The van der Waals surface area contributed by atoms with Crippen LogP contribution in [-0.4, -0.2) is 4.98 Å². The van der Waals surface area contributed by atoms with Gasteiger partial charge in [0.05, 0.1) is 0 Å². The summed E-state index contributed by atoms with van der Waals surface area (Å²) >= 11 is 1.48. The molecular weight excluding hydrogens is 268 g/mol. The summed E-state index contributed by atoms with van der Waals surface area (Å²) in [6.07, 6.45) is 1.73. The lowest BCUT2D eigenvalue weighted by Gasteiger charge is -2.05. The zero-order chi connectivity index (χ0) is 13.8. The summed E-state index contributed by atoms with van der Waals surface area (Å²) < 4.78 is 5.64. The highest BCUT2D eigenvalue weighted by atomic mass is 32.1. The molecule has 0 aliphatic heterocycles. The van der Waals surface area contributed by atoms with Crippen molar-refractivity contribution in [2.75, 3.05) is 0 Å². The first-order chi connectivity index (χ1) is 9.85. The van der Waals surface area contributed by atoms with Gasteiger partial charge >= 0.3 is 0 Å². The minimum absolute atomic E-state index is 0.570. The van der Waals surface area contributed by atoms with Crippen molar-refractivity contribution in [3.63, 3.8) is 0 Å². The molecule has 0 saturated carbocycles. The quantitative estimate of drug-likeness (QED) is 0.785. The second-order valence-corrected chi connectivity index (χ2v) is 5.18. The summed E-state index contributed by atoms with van der Waals surface area (Å²) in [4.78, 5) is 4.10. The molecule has 4 heteroatoms. The standard InChI is InChI=1S/C16H14N2OS/c17-11-12-1-3-13(4-2-12)14-5-7-15(8-6-14)19-16-18-9-10-20-16/h1-10H,11,17H2. The van der Waals surface area contributed by atoms with E-state index in [-0.39, 0.29) is 0 Å². The number of rotatable bonds is 4. The maximum atomic E-state index is 5.64. The van der Waals surface area contributed by atoms with Crippen LogP contribution < -0.4 is 10.5 Å². The van der Waals surface area contributed by atoms with Crippen molar-refractivity contribution >= 4 is 11.3 Å². The van der Waals surface area contributed by atoms with E-state index in [4.69, 9.17) is 10.5 Å². The Labute approximate surface area is 121 Å². The molecule has 0 bridgehead atoms. The summed E-state index contributed by atoms with van der Waals surface area (Å²) in [5, 5.41) is 2.55. The van der Waals surface area contributed by atoms with Crippen LogP contribution in [0.25, 0.3) is 11.1 Å². The molecule has 0 unspecified atom stereocenters. The van der Waals surface area contributed by atoms with Crippen LogP contribution in [0.1, 0.15) is 5.56 Å². The molecule has 2 aromatic carbocycles. The van der Waals surface area contributed by atoms with E-state index in [1.165, 1.54) is 16.9 Å². The second-order valence-electron chi connectivity index (χ2n) is 4.33. The van der Waals surface area contributed by atoms with E-state index in [1.54, 1.807) is 6.20 Å². The third-order valence-corrected chi connectivity index (χ3v) is 3.64. The maximum absolute atomic E-state index is 5.64. The molecule has 100 valence electrons. The van der Waals surface area contributed by atoms with Crippen LogP contribution in [0, 0.1) is 0 Å². The minimum atomic E-state index is 0.570. The molecule has 3 rings (SSSR count). The molecule has 0 saturated heterocycles. The number of nitrogens with zero attached hydrogens (tertiary/aromatic N) is 1. The van der Waals surface area contributed by atoms with E-state index >= 15 is 0 Å². The third-order valence-electron chi connectivity index (χ3n) is 2.99. The van der Waals surface area contributed by atoms with Crippen molar-refractivity contribution in [2.24, 2.45) is 5.73 Å². The largest absolute Gasteiger partial charge is 0.431 e. The van der Waals surface area contributed by atoms with Crippen LogP contribution in [0.5, 0.6) is 10.9 Å². The number of benzene rings is 2. The van der Waals surface area contributed by atoms with Crippen LogP contribution in [0.3, 0.4) is 0 Å². The summed E-state index contributed by atoms with van der Waals surface area (Å²) in [5.74, 6) is 0.794. The molecule has 2 N–H and O–H groups in total. The van der Waals surface area contributed by atoms with Gasteiger partial charge in [0.2, 0.25) is 0 Å². The van der Waals surface area contributed by atoms with Crippen LogP contribution in [0.15, 0.2) is 60.1 Å². The fraction of sp³-hybridized carbons (Fsp3) is 0.0625. The maximum Gasteiger partial charge on any atom is 0.278 e. The van der Waals surface area contributed by atoms with Gasteiger partial charge in [0.15, 0.2) is 0 Å². The van der Waals surface area contributed by atoms with Gasteiger partial charge in [-0.1, -0.05) is 47.7 Å². The topological polar surface area (TPSA) is 48.1 Å². The lowest BCUT2D eigenvalue weighted by Crippen LogP contribution is -1.95. The SMILES string of the molecule is NCc1ccc(-c2ccc(Oc3nccs3)cc2)cc1. The first-order valence-corrected chi connectivity index (χ1v) is 7.20. The average Bonchev–Trinajstić information content (AvgIpc) is 3.01. The zero-order valence-corrected chi connectivity index (χ0v) is 11.6. The van der Waals surface area contributed by atoms with Crippen LogP contribution in [0.4, 0.5) is 0 Å². The Morgan fingerprint density at radius 2 is 1.60 bits per heavy atom. The van der Waals surface area contributed by atoms with Gasteiger partial charge in [0.25, 0.3) is 5.19 Å². The van der Waals surface area contributed by atoms with Gasteiger partial charge in [0.1, 0.15) is 5.75 Å². The van der Waals surface area contributed by atoms with Gasteiger partial charge in [-0.2, -0.15) is 0 Å². The minimum Gasteiger partial charge on any atom is -0.431 e. The molecule has 0 aliphatic carbocycles. The number of thiazole rings is 1. The molecule has 1 heterocycles. The molecule has 0 spiro atoms. The Kier molecular flexibility index (Phi) is 3.76. The normalized spacial score (nSPS) is 10.4. The summed E-state index contributed by atoms with van der Waals surface area (Å²) in [6.45, 7) is 0.570. The molecule has 20 heavy (non-hydrogen) atoms. The van der Waals surface area contributed by atoms with Crippen LogP contribution in [-0.2, 0) is 6.54 Å². The van der Waals surface area contributed by atoms with E-state index < -0.39 is 0 Å². The van der Waals surface area contributed by atoms with Gasteiger partial charge in [-0.05, 0) is 28.8 Å². The highest BCUT2D eigenvalue weighted by molar-refractivity contribution is 7.11. The molecule has 0 amide bonds. The van der Waals surface area contributed by atoms with E-state index in [9.17, 15) is 0 Å². The number of ether oxygens (including phenoxy) is 1. The molecule has 0 aliphatic rings. The molecule has 0 atom stereocenters. The highest BCUT2D eigenvalue weighted by Crippen LogP contribution is 2.26. The van der Waals surface area contributed by atoms with Crippen LogP contribution >= 0.6 is 11.3 Å². The Balaban J connectivity index is 1.78. The Hall–Kier alpha value is -2.17. The van der Waals surface area contributed by atoms with Crippen molar-refractivity contribution in [3.8, 4) is 22.1 Å². The first-order valence-electron chi connectivity index (χ1n) is 6.32. The van der Waals surface area contributed by atoms with Gasteiger partial charge in [-0.3, -0.25) is 0 Å². The van der Waals surface area contributed by atoms with Gasteiger partial charge < -0.3 is 10.5 Å². The van der Waals surface area contributed by atoms with E-state index in [2.05, 4.69) is 29.2 Å². The fourth-order valence-corrected chi connectivity index (χ4v) is 2.41. The predicted octanol–water partition coefficient (Wildman–Crippen LogP) is 4.06. The lowest BCUT2D eigenvalue weighted by atomic mass is 10.0. The summed E-state index contributed by atoms with van der Waals surface area (Å²) in [7, 11) is 0. The second kappa shape index (κ2) is 5.86. The van der Waals surface area contributed by atoms with Gasteiger partial charge in [-0.25, -0.2) is 4.98 Å². The number of aromatic nitrogens is 1. The summed E-state index contributed by atoms with van der Waals surface area (Å²) in [5.41, 5.74) is 9.06. The molecule has 3 aromatic rings. The molecule has 1 aromatic heterocycles. The number of nitrogens with two attached hydrogens (primary N) is 1. The van der Waals surface area contributed by atoms with Crippen molar-refractivity contribution in [2.45, 2.75) is 6.54 Å². The van der Waals surface area contributed by atoms with E-state index in [0.29, 0.717) is 11.7 Å². The number of hydrogen-bond donors (Lipinski definition) is 1. The fourth-order valence-electron chi connectivity index (χ4n) is 1.91. The lowest BCUT2D eigenvalue weighted by molar-refractivity contribution is 0.479. The Morgan fingerprint density at radius 3 is 2.15 bits per heavy atom. The first kappa shape index (κ1) is 12.8. The van der Waals surface area contributed by atoms with Crippen molar-refractivity contribution in [3.05, 3.63) is 65.7 Å². The Morgan fingerprint density at radius 1 is 0.950 bits per heavy atom. The molecule has 0 radical (unpaired) electrons. The van der Waals surface area contributed by atoms with Crippen molar-refractivity contribution in [1.82, 2.24) is 4.98 Å². The van der Waals surface area contributed by atoms with Gasteiger partial charge in [-0.15, -0.1) is 0 Å². The third kappa shape index (κ3) is 2.87. The molecule has 0 fully saturated rings. The zero-order valence-electron chi connectivity index (χ0n) is 10.8. The average molecular weight is 282 g/mol. The van der Waals surface area contributed by atoms with Crippen molar-refractivity contribution in [1.29, 1.82) is 0 Å². The summed E-state index contributed by atoms with van der Waals surface area (Å²) in [6, 6.07) is 16.3. The molecule has 3 nitrogen and oxygen atoms in total. The van der Waals surface area contributed by atoms with E-state index in [0.717, 1.165) is 16.9 Å². The highest BCUT2D eigenvalue weighted by Gasteiger charge is 2.01. The smallest absolute Gasteiger partial charge is 0.278 e. The van der Waals surface area contributed by atoms with Gasteiger partial charge in [0, 0.05) is 18.1 Å². The predicted molar refractivity (Wildman–Crippen MR) is 82.0 cm³/mol. The van der Waals surface area contributed by atoms with Crippen LogP contribution in [0.2, 0.25) is 0 Å².